The molecule has 8 heteroatoms. The van der Waals surface area contributed by atoms with Gasteiger partial charge in [-0.25, -0.2) is 0 Å². The zero-order valence-electron chi connectivity index (χ0n) is 8.45. The van der Waals surface area contributed by atoms with Crippen LogP contribution in [0.2, 0.25) is 0 Å². The van der Waals surface area contributed by atoms with Gasteiger partial charge in [0.15, 0.2) is 0 Å². The highest BCUT2D eigenvalue weighted by atomic mass is 32.2. The minimum Gasteiger partial charge on any atom is -0.481 e. The number of aliphatic carboxylic acids is 1. The van der Waals surface area contributed by atoms with E-state index in [-0.39, 0.29) is 15.8 Å². The molecule has 0 aliphatic carbocycles. The van der Waals surface area contributed by atoms with Gasteiger partial charge in [-0.05, 0) is 6.07 Å². The number of nitrogens with one attached hydrogen (secondary N) is 1. The van der Waals surface area contributed by atoms with Gasteiger partial charge in [0.25, 0.3) is 5.69 Å². The minimum atomic E-state index is -0.974. The summed E-state index contributed by atoms with van der Waals surface area (Å²) in [6.45, 7) is 0. The fraction of sp³-hybridized carbons (Fsp3) is 0.111. The van der Waals surface area contributed by atoms with E-state index in [1.54, 1.807) is 6.07 Å². The first-order valence-corrected chi connectivity index (χ1v) is 5.78. The normalized spacial score (nSPS) is 9.65. The Labute approximate surface area is 106 Å². The van der Waals surface area contributed by atoms with E-state index in [0.29, 0.717) is 5.69 Å². The molecule has 0 spiro atoms. The number of benzene rings is 1. The molecule has 0 bridgehead atoms. The molecule has 1 aromatic carbocycles. The van der Waals surface area contributed by atoms with Gasteiger partial charge < -0.3 is 10.4 Å². The number of thioether (sulfide) groups is 1. The van der Waals surface area contributed by atoms with Crippen molar-refractivity contribution in [2.45, 2.75) is 0 Å². The monoisotopic (exact) mass is 272 g/mol. The van der Waals surface area contributed by atoms with E-state index in [0.717, 1.165) is 11.8 Å². The lowest BCUT2D eigenvalue weighted by molar-refractivity contribution is -0.384. The Hall–Kier alpha value is -1.67. The van der Waals surface area contributed by atoms with Crippen molar-refractivity contribution >= 4 is 45.6 Å². The summed E-state index contributed by atoms with van der Waals surface area (Å²) in [5, 5.41) is 21.7. The van der Waals surface area contributed by atoms with Gasteiger partial charge in [-0.2, -0.15) is 0 Å². The first-order valence-electron chi connectivity index (χ1n) is 4.39. The van der Waals surface area contributed by atoms with Gasteiger partial charge in [-0.15, -0.1) is 0 Å². The molecule has 0 heterocycles. The fourth-order valence-corrected chi connectivity index (χ4v) is 1.72. The van der Waals surface area contributed by atoms with Crippen LogP contribution in [0.5, 0.6) is 0 Å². The molecule has 0 aromatic heterocycles. The van der Waals surface area contributed by atoms with Crippen molar-refractivity contribution in [3.8, 4) is 0 Å². The number of hydrogen-bond acceptors (Lipinski definition) is 5. The van der Waals surface area contributed by atoms with Crippen LogP contribution >= 0.6 is 24.0 Å². The van der Waals surface area contributed by atoms with Crippen LogP contribution in [0.3, 0.4) is 0 Å². The molecule has 0 saturated carbocycles. The molecule has 0 atom stereocenters. The average molecular weight is 272 g/mol. The third kappa shape index (κ3) is 4.79. The Morgan fingerprint density at radius 2 is 2.29 bits per heavy atom. The third-order valence-corrected chi connectivity index (χ3v) is 2.84. The van der Waals surface area contributed by atoms with Gasteiger partial charge in [0.2, 0.25) is 0 Å². The molecule has 0 saturated heterocycles. The number of carboxylic acids is 1. The summed E-state index contributed by atoms with van der Waals surface area (Å²) < 4.78 is 0.257. The minimum absolute atomic E-state index is 0.0546. The second-order valence-electron chi connectivity index (χ2n) is 2.90. The van der Waals surface area contributed by atoms with Crippen molar-refractivity contribution in [3.05, 3.63) is 34.4 Å². The highest BCUT2D eigenvalue weighted by Crippen LogP contribution is 2.18. The van der Waals surface area contributed by atoms with E-state index in [9.17, 15) is 14.9 Å². The van der Waals surface area contributed by atoms with Crippen LogP contribution in [-0.4, -0.2) is 26.1 Å². The van der Waals surface area contributed by atoms with Crippen LogP contribution in [0.15, 0.2) is 24.3 Å². The predicted octanol–water partition coefficient (Wildman–Crippen LogP) is 2.11. The number of carbonyl (C=O) groups is 1. The molecule has 2 N–H and O–H groups in total. The lowest BCUT2D eigenvalue weighted by Crippen LogP contribution is -2.09. The number of nitro groups is 1. The van der Waals surface area contributed by atoms with Gasteiger partial charge >= 0.3 is 5.97 Å². The predicted molar refractivity (Wildman–Crippen MR) is 69.4 cm³/mol. The summed E-state index contributed by atoms with van der Waals surface area (Å²) in [7, 11) is 0. The van der Waals surface area contributed by atoms with E-state index in [1.165, 1.54) is 18.2 Å². The summed E-state index contributed by atoms with van der Waals surface area (Å²) >= 11 is 5.83. The Balaban J connectivity index is 2.62. The van der Waals surface area contributed by atoms with Crippen molar-refractivity contribution in [1.29, 1.82) is 0 Å². The molecule has 0 aliphatic heterocycles. The van der Waals surface area contributed by atoms with Crippen LogP contribution in [0.25, 0.3) is 0 Å². The van der Waals surface area contributed by atoms with Gasteiger partial charge in [0, 0.05) is 17.8 Å². The Kier molecular flexibility index (Phi) is 4.85. The van der Waals surface area contributed by atoms with E-state index >= 15 is 0 Å². The number of carboxylic acid groups (broad SMARTS) is 1. The first-order chi connectivity index (χ1) is 7.99. The van der Waals surface area contributed by atoms with Crippen LogP contribution < -0.4 is 5.32 Å². The van der Waals surface area contributed by atoms with Crippen LogP contribution in [-0.2, 0) is 4.79 Å². The highest BCUT2D eigenvalue weighted by Gasteiger charge is 2.07. The van der Waals surface area contributed by atoms with Gasteiger partial charge in [-0.1, -0.05) is 30.0 Å². The van der Waals surface area contributed by atoms with Crippen LogP contribution in [0.1, 0.15) is 0 Å². The Morgan fingerprint density at radius 1 is 1.59 bits per heavy atom. The van der Waals surface area contributed by atoms with Crippen molar-refractivity contribution in [1.82, 2.24) is 0 Å². The van der Waals surface area contributed by atoms with Crippen molar-refractivity contribution in [2.75, 3.05) is 11.1 Å². The van der Waals surface area contributed by atoms with E-state index in [2.05, 4.69) is 5.32 Å². The van der Waals surface area contributed by atoms with Crippen molar-refractivity contribution < 1.29 is 14.8 Å². The topological polar surface area (TPSA) is 92.5 Å². The number of nitro benzene ring substituents is 1. The molecule has 90 valence electrons. The SMILES string of the molecule is O=C(O)CSC(=S)Nc1cccc([N+](=O)[O-])c1. The van der Waals surface area contributed by atoms with Gasteiger partial charge in [-0.3, -0.25) is 14.9 Å². The number of thiocarbonyl (C=S) groups is 1. The largest absolute Gasteiger partial charge is 0.481 e. The first kappa shape index (κ1) is 13.4. The standard InChI is InChI=1S/C9H8N2O4S2/c12-8(13)5-17-9(16)10-6-2-1-3-7(4-6)11(14)15/h1-4H,5H2,(H,10,16)(H,12,13). The van der Waals surface area contributed by atoms with E-state index in [4.69, 9.17) is 17.3 Å². The number of nitrogens with zero attached hydrogens (tertiary/aromatic N) is 1. The van der Waals surface area contributed by atoms with Crippen LogP contribution in [0.4, 0.5) is 11.4 Å². The molecule has 1 aromatic rings. The smallest absolute Gasteiger partial charge is 0.313 e. The van der Waals surface area contributed by atoms with E-state index < -0.39 is 10.9 Å². The molecule has 0 aliphatic rings. The maximum Gasteiger partial charge on any atom is 0.313 e. The Bertz CT molecular complexity index is 464. The molecule has 0 amide bonds. The molecule has 1 rings (SSSR count). The maximum absolute atomic E-state index is 10.5. The lowest BCUT2D eigenvalue weighted by atomic mass is 10.3. The Morgan fingerprint density at radius 3 is 2.88 bits per heavy atom. The van der Waals surface area contributed by atoms with Crippen molar-refractivity contribution in [2.24, 2.45) is 0 Å². The molecule has 17 heavy (non-hydrogen) atoms. The molecule has 6 nitrogen and oxygen atoms in total. The average Bonchev–Trinajstić information content (AvgIpc) is 2.26. The molecule has 0 radical (unpaired) electrons. The number of hydrogen-bond donors (Lipinski definition) is 2. The summed E-state index contributed by atoms with van der Waals surface area (Å²) in [4.78, 5) is 20.3. The fourth-order valence-electron chi connectivity index (χ4n) is 0.978. The quantitative estimate of drug-likeness (QED) is 0.492. The molecule has 0 fully saturated rings. The third-order valence-electron chi connectivity index (χ3n) is 1.63. The summed E-state index contributed by atoms with van der Waals surface area (Å²) in [6.07, 6.45) is 0. The summed E-state index contributed by atoms with van der Waals surface area (Å²) in [5.74, 6) is -1.13. The summed E-state index contributed by atoms with van der Waals surface area (Å²) in [5.41, 5.74) is 0.406. The number of rotatable bonds is 4. The van der Waals surface area contributed by atoms with Gasteiger partial charge in [0.05, 0.1) is 10.7 Å². The van der Waals surface area contributed by atoms with E-state index in [1.807, 2.05) is 0 Å². The lowest BCUT2D eigenvalue weighted by Gasteiger charge is -2.05. The second-order valence-corrected chi connectivity index (χ2v) is 4.55. The number of non-ortho nitro benzene ring substituents is 1. The molecular formula is C9H8N2O4S2. The zero-order chi connectivity index (χ0) is 12.8. The second kappa shape index (κ2) is 6.16. The maximum atomic E-state index is 10.5. The van der Waals surface area contributed by atoms with Crippen LogP contribution in [0, 0.1) is 10.1 Å². The number of anilines is 1. The summed E-state index contributed by atoms with van der Waals surface area (Å²) in [6, 6.07) is 5.82. The zero-order valence-corrected chi connectivity index (χ0v) is 10.1. The van der Waals surface area contributed by atoms with Crippen molar-refractivity contribution in [3.63, 3.8) is 0 Å². The highest BCUT2D eigenvalue weighted by molar-refractivity contribution is 8.23. The molecular weight excluding hydrogens is 264 g/mol. The van der Waals surface area contributed by atoms with Gasteiger partial charge in [0.1, 0.15) is 4.32 Å². The molecule has 0 unspecified atom stereocenters.